The molecule has 7 heteroatoms. The minimum atomic E-state index is -3.36. The monoisotopic (exact) mass is 271 g/mol. The average molecular weight is 271 g/mol. The zero-order valence-electron chi connectivity index (χ0n) is 9.97. The van der Waals surface area contributed by atoms with Crippen LogP contribution in [-0.2, 0) is 19.4 Å². The largest absolute Gasteiger partial charge is 0.465 e. The van der Waals surface area contributed by atoms with Gasteiger partial charge in [0.2, 0.25) is 5.91 Å². The number of hydrogen-bond donors (Lipinski definition) is 1. The van der Waals surface area contributed by atoms with Gasteiger partial charge in [-0.25, -0.2) is 13.2 Å². The number of hydrogen-bond acceptors (Lipinski definition) is 5. The fraction of sp³-hybridized carbons (Fsp3) is 0.273. The van der Waals surface area contributed by atoms with Gasteiger partial charge in [-0.3, -0.25) is 4.79 Å². The summed E-state index contributed by atoms with van der Waals surface area (Å²) in [6.07, 6.45) is 0.979. The number of ether oxygens (including phenoxy) is 1. The second kappa shape index (κ2) is 5.63. The van der Waals surface area contributed by atoms with Gasteiger partial charge in [-0.1, -0.05) is 0 Å². The van der Waals surface area contributed by atoms with Crippen LogP contribution in [0.1, 0.15) is 10.4 Å². The minimum absolute atomic E-state index is 0.346. The van der Waals surface area contributed by atoms with E-state index in [9.17, 15) is 18.0 Å². The van der Waals surface area contributed by atoms with E-state index in [1.165, 1.54) is 31.4 Å². The van der Waals surface area contributed by atoms with Gasteiger partial charge in [0, 0.05) is 11.9 Å². The van der Waals surface area contributed by atoms with Gasteiger partial charge in [-0.2, -0.15) is 0 Å². The zero-order chi connectivity index (χ0) is 13.8. The van der Waals surface area contributed by atoms with E-state index in [0.717, 1.165) is 6.26 Å². The van der Waals surface area contributed by atoms with Crippen molar-refractivity contribution >= 4 is 27.4 Å². The first-order valence-electron chi connectivity index (χ1n) is 4.98. The summed E-state index contributed by atoms with van der Waals surface area (Å²) in [6.45, 7) is 0. The Morgan fingerprint density at radius 1 is 1.22 bits per heavy atom. The lowest BCUT2D eigenvalue weighted by molar-refractivity contribution is -0.113. The molecule has 18 heavy (non-hydrogen) atoms. The van der Waals surface area contributed by atoms with E-state index in [0.29, 0.717) is 11.3 Å². The molecule has 0 aromatic heterocycles. The van der Waals surface area contributed by atoms with Crippen LogP contribution in [0, 0.1) is 0 Å². The van der Waals surface area contributed by atoms with Crippen molar-refractivity contribution in [3.05, 3.63) is 29.8 Å². The topological polar surface area (TPSA) is 89.5 Å². The molecule has 1 aromatic carbocycles. The van der Waals surface area contributed by atoms with Crippen molar-refractivity contribution in [3.63, 3.8) is 0 Å². The Kier molecular flexibility index (Phi) is 4.43. The highest BCUT2D eigenvalue weighted by molar-refractivity contribution is 7.91. The summed E-state index contributed by atoms with van der Waals surface area (Å²) in [5.41, 5.74) is 0.759. The highest BCUT2D eigenvalue weighted by Gasteiger charge is 2.11. The maximum absolute atomic E-state index is 11.3. The minimum Gasteiger partial charge on any atom is -0.465 e. The Bertz CT molecular complexity index is 547. The number of rotatable bonds is 4. The summed E-state index contributed by atoms with van der Waals surface area (Å²) < 4.78 is 26.3. The molecule has 0 heterocycles. The van der Waals surface area contributed by atoms with E-state index in [-0.39, 0.29) is 0 Å². The summed E-state index contributed by atoms with van der Waals surface area (Å²) in [5.74, 6) is -1.68. The van der Waals surface area contributed by atoms with Crippen molar-refractivity contribution < 1.29 is 22.7 Å². The molecule has 0 unspecified atom stereocenters. The lowest BCUT2D eigenvalue weighted by atomic mass is 10.2. The van der Waals surface area contributed by atoms with Gasteiger partial charge >= 0.3 is 5.97 Å². The molecular weight excluding hydrogens is 258 g/mol. The Balaban J connectivity index is 2.70. The van der Waals surface area contributed by atoms with Crippen LogP contribution in [0.4, 0.5) is 5.69 Å². The molecule has 1 aromatic rings. The van der Waals surface area contributed by atoms with Crippen molar-refractivity contribution in [1.29, 1.82) is 0 Å². The molecule has 0 aliphatic carbocycles. The van der Waals surface area contributed by atoms with Gasteiger partial charge in [-0.15, -0.1) is 0 Å². The molecule has 1 amide bonds. The molecule has 0 saturated heterocycles. The van der Waals surface area contributed by atoms with Crippen LogP contribution in [0.25, 0.3) is 0 Å². The lowest BCUT2D eigenvalue weighted by Gasteiger charge is -2.05. The lowest BCUT2D eigenvalue weighted by Crippen LogP contribution is -2.21. The fourth-order valence-corrected chi connectivity index (χ4v) is 1.79. The Labute approximate surface area is 105 Å². The van der Waals surface area contributed by atoms with Crippen molar-refractivity contribution in [2.45, 2.75) is 0 Å². The maximum Gasteiger partial charge on any atom is 0.337 e. The molecule has 0 saturated carbocycles. The van der Waals surface area contributed by atoms with Crippen LogP contribution >= 0.6 is 0 Å². The standard InChI is InChI=1S/C11H13NO5S/c1-17-11(14)8-3-5-9(6-4-8)12-10(13)7-18(2,15)16/h3-6H,7H2,1-2H3,(H,12,13). The van der Waals surface area contributed by atoms with E-state index in [4.69, 9.17) is 0 Å². The van der Waals surface area contributed by atoms with Crippen LogP contribution in [0.15, 0.2) is 24.3 Å². The molecule has 98 valence electrons. The van der Waals surface area contributed by atoms with Crippen LogP contribution in [0.5, 0.6) is 0 Å². The zero-order valence-corrected chi connectivity index (χ0v) is 10.8. The van der Waals surface area contributed by atoms with Crippen LogP contribution < -0.4 is 5.32 Å². The maximum atomic E-state index is 11.3. The van der Waals surface area contributed by atoms with E-state index in [1.54, 1.807) is 0 Å². The molecule has 0 aliphatic rings. The molecule has 0 atom stereocenters. The summed E-state index contributed by atoms with van der Waals surface area (Å²) in [4.78, 5) is 22.5. The second-order valence-electron chi connectivity index (χ2n) is 3.69. The number of nitrogens with one attached hydrogen (secondary N) is 1. The van der Waals surface area contributed by atoms with Gasteiger partial charge < -0.3 is 10.1 Å². The number of methoxy groups -OCH3 is 1. The first-order chi connectivity index (χ1) is 8.31. The summed E-state index contributed by atoms with van der Waals surface area (Å²) in [7, 11) is -2.09. The van der Waals surface area contributed by atoms with E-state index >= 15 is 0 Å². The van der Waals surface area contributed by atoms with Gasteiger partial charge in [0.1, 0.15) is 5.75 Å². The number of esters is 1. The van der Waals surface area contributed by atoms with Crippen molar-refractivity contribution in [3.8, 4) is 0 Å². The number of amides is 1. The predicted molar refractivity (Wildman–Crippen MR) is 66.1 cm³/mol. The average Bonchev–Trinajstić information content (AvgIpc) is 2.26. The highest BCUT2D eigenvalue weighted by atomic mass is 32.2. The van der Waals surface area contributed by atoms with Crippen molar-refractivity contribution in [2.75, 3.05) is 24.4 Å². The summed E-state index contributed by atoms with van der Waals surface area (Å²) in [5, 5.41) is 2.41. The smallest absolute Gasteiger partial charge is 0.337 e. The van der Waals surface area contributed by atoms with Gasteiger partial charge in [-0.05, 0) is 24.3 Å². The van der Waals surface area contributed by atoms with Gasteiger partial charge in [0.05, 0.1) is 12.7 Å². The third kappa shape index (κ3) is 4.54. The molecule has 0 aliphatic heterocycles. The van der Waals surface area contributed by atoms with Crippen molar-refractivity contribution in [2.24, 2.45) is 0 Å². The normalized spacial score (nSPS) is 10.8. The molecule has 0 fully saturated rings. The summed E-state index contributed by atoms with van der Waals surface area (Å²) >= 11 is 0. The molecule has 0 radical (unpaired) electrons. The Hall–Kier alpha value is -1.89. The van der Waals surface area contributed by atoms with Crippen LogP contribution in [-0.4, -0.2) is 39.4 Å². The summed E-state index contributed by atoms with van der Waals surface area (Å²) in [6, 6.07) is 5.93. The quantitative estimate of drug-likeness (QED) is 0.803. The first-order valence-corrected chi connectivity index (χ1v) is 7.04. The number of carbonyl (C=O) groups excluding carboxylic acids is 2. The number of carbonyl (C=O) groups is 2. The molecular formula is C11H13NO5S. The second-order valence-corrected chi connectivity index (χ2v) is 5.83. The third-order valence-electron chi connectivity index (χ3n) is 1.98. The molecule has 0 bridgehead atoms. The number of benzene rings is 1. The SMILES string of the molecule is COC(=O)c1ccc(NC(=O)CS(C)(=O)=O)cc1. The predicted octanol–water partition coefficient (Wildman–Crippen LogP) is 0.456. The number of sulfone groups is 1. The van der Waals surface area contributed by atoms with E-state index in [2.05, 4.69) is 10.1 Å². The van der Waals surface area contributed by atoms with E-state index < -0.39 is 27.5 Å². The highest BCUT2D eigenvalue weighted by Crippen LogP contribution is 2.10. The molecule has 6 nitrogen and oxygen atoms in total. The first kappa shape index (κ1) is 14.2. The van der Waals surface area contributed by atoms with Crippen LogP contribution in [0.2, 0.25) is 0 Å². The van der Waals surface area contributed by atoms with Crippen LogP contribution in [0.3, 0.4) is 0 Å². The Morgan fingerprint density at radius 2 is 1.78 bits per heavy atom. The van der Waals surface area contributed by atoms with Gasteiger partial charge in [0.25, 0.3) is 0 Å². The number of anilines is 1. The molecule has 1 N–H and O–H groups in total. The Morgan fingerprint density at radius 3 is 2.22 bits per heavy atom. The van der Waals surface area contributed by atoms with Gasteiger partial charge in [0.15, 0.2) is 9.84 Å². The fourth-order valence-electron chi connectivity index (χ4n) is 1.24. The van der Waals surface area contributed by atoms with E-state index in [1.807, 2.05) is 0 Å². The van der Waals surface area contributed by atoms with Crippen molar-refractivity contribution in [1.82, 2.24) is 0 Å². The molecule has 0 spiro atoms. The third-order valence-corrected chi connectivity index (χ3v) is 2.77. The molecule has 1 rings (SSSR count).